The Hall–Kier alpha value is -1.19. The Labute approximate surface area is 167 Å². The average Bonchev–Trinajstić information content (AvgIpc) is 2.53. The van der Waals surface area contributed by atoms with Gasteiger partial charge in [-0.1, -0.05) is 87.5 Å². The maximum Gasteiger partial charge on any atom is 0.193 e. The topological polar surface area (TPSA) is 17.1 Å². The van der Waals surface area contributed by atoms with E-state index in [-0.39, 0.29) is 21.0 Å². The van der Waals surface area contributed by atoms with E-state index in [1.807, 2.05) is 17.8 Å². The molecule has 140 valence electrons. The van der Waals surface area contributed by atoms with Gasteiger partial charge in [0.1, 0.15) is 0 Å². The number of hydrogen-bond acceptors (Lipinski definition) is 3. The monoisotopic (exact) mass is 386 g/mol. The van der Waals surface area contributed by atoms with Crippen molar-refractivity contribution in [3.8, 4) is 0 Å². The molecule has 3 heteroatoms. The molecule has 0 aliphatic carbocycles. The van der Waals surface area contributed by atoms with E-state index in [9.17, 15) is 4.79 Å². The van der Waals surface area contributed by atoms with Crippen molar-refractivity contribution >= 4 is 28.6 Å². The second kappa shape index (κ2) is 8.67. The lowest BCUT2D eigenvalue weighted by molar-refractivity contribution is -0.114. The molecule has 0 aliphatic heterocycles. The Balaban J connectivity index is 2.38. The van der Waals surface area contributed by atoms with Crippen LogP contribution in [0.3, 0.4) is 0 Å². The van der Waals surface area contributed by atoms with E-state index in [1.54, 1.807) is 0 Å². The van der Waals surface area contributed by atoms with Gasteiger partial charge < -0.3 is 0 Å². The standard InChI is InChI=1S/C23H30OS2/c1-15-13-16(2)20(17(3)14-15)25-21(19-11-9-8-10-12-19)18(4)22(24)26-23(5,6)7/h8-14,18,21H,1-7H3/t18-,21-/m0/s1. The van der Waals surface area contributed by atoms with Gasteiger partial charge in [-0.15, -0.1) is 11.8 Å². The van der Waals surface area contributed by atoms with Crippen molar-refractivity contribution in [2.75, 3.05) is 0 Å². The molecule has 0 aliphatic rings. The summed E-state index contributed by atoms with van der Waals surface area (Å²) in [6.45, 7) is 14.8. The molecule has 2 aromatic carbocycles. The molecular weight excluding hydrogens is 356 g/mol. The van der Waals surface area contributed by atoms with E-state index in [0.29, 0.717) is 0 Å². The molecule has 0 saturated carbocycles. The van der Waals surface area contributed by atoms with Gasteiger partial charge in [-0.3, -0.25) is 4.79 Å². The predicted molar refractivity (Wildman–Crippen MR) is 117 cm³/mol. The van der Waals surface area contributed by atoms with Crippen LogP contribution in [0.25, 0.3) is 0 Å². The lowest BCUT2D eigenvalue weighted by Gasteiger charge is -2.27. The van der Waals surface area contributed by atoms with Crippen molar-refractivity contribution in [2.24, 2.45) is 5.92 Å². The van der Waals surface area contributed by atoms with Crippen LogP contribution < -0.4 is 0 Å². The van der Waals surface area contributed by atoms with Crippen molar-refractivity contribution in [2.45, 2.75) is 63.4 Å². The van der Waals surface area contributed by atoms with Gasteiger partial charge in [-0.2, -0.15) is 0 Å². The Morgan fingerprint density at radius 2 is 1.50 bits per heavy atom. The van der Waals surface area contributed by atoms with E-state index in [0.717, 1.165) is 0 Å². The van der Waals surface area contributed by atoms with Crippen LogP contribution in [0.4, 0.5) is 0 Å². The van der Waals surface area contributed by atoms with E-state index < -0.39 is 0 Å². The van der Waals surface area contributed by atoms with Crippen molar-refractivity contribution in [3.05, 3.63) is 64.7 Å². The minimum atomic E-state index is -0.0632. The SMILES string of the molecule is Cc1cc(C)c(S[C@H](c2ccccc2)[C@H](C)C(=O)SC(C)(C)C)c(C)c1. The normalized spacial score (nSPS) is 14.1. The van der Waals surface area contributed by atoms with Gasteiger partial charge in [0, 0.05) is 20.8 Å². The highest BCUT2D eigenvalue weighted by atomic mass is 32.2. The predicted octanol–water partition coefficient (Wildman–Crippen LogP) is 7.14. The Morgan fingerprint density at radius 1 is 0.962 bits per heavy atom. The third kappa shape index (κ3) is 5.65. The number of carbonyl (C=O) groups excluding carboxylic acids is 1. The Morgan fingerprint density at radius 3 is 2.00 bits per heavy atom. The van der Waals surface area contributed by atoms with Crippen LogP contribution in [0.1, 0.15) is 55.2 Å². The lowest BCUT2D eigenvalue weighted by atomic mass is 10.0. The van der Waals surface area contributed by atoms with Crippen LogP contribution in [0.15, 0.2) is 47.4 Å². The molecule has 0 unspecified atom stereocenters. The van der Waals surface area contributed by atoms with Crippen LogP contribution in [0.2, 0.25) is 0 Å². The summed E-state index contributed by atoms with van der Waals surface area (Å²) in [7, 11) is 0. The molecule has 0 fully saturated rings. The first kappa shape index (κ1) is 21.1. The molecule has 2 atom stereocenters. The number of thioether (sulfide) groups is 2. The summed E-state index contributed by atoms with van der Waals surface area (Å²) < 4.78 is -0.0626. The molecule has 1 nitrogen and oxygen atoms in total. The molecule has 0 aromatic heterocycles. The molecule has 0 spiro atoms. The molecular formula is C23H30OS2. The van der Waals surface area contributed by atoms with Crippen LogP contribution in [0.5, 0.6) is 0 Å². The van der Waals surface area contributed by atoms with Crippen LogP contribution in [0, 0.1) is 26.7 Å². The third-order valence-electron chi connectivity index (χ3n) is 4.21. The Bertz CT molecular complexity index is 737. The van der Waals surface area contributed by atoms with Gasteiger partial charge in [-0.25, -0.2) is 0 Å². The third-order valence-corrected chi connectivity index (χ3v) is 7.21. The van der Waals surface area contributed by atoms with Gasteiger partial charge in [0.2, 0.25) is 0 Å². The van der Waals surface area contributed by atoms with Crippen molar-refractivity contribution in [1.29, 1.82) is 0 Å². The number of rotatable bonds is 5. The molecule has 0 saturated heterocycles. The summed E-state index contributed by atoms with van der Waals surface area (Å²) in [5, 5.41) is 0.375. The smallest absolute Gasteiger partial charge is 0.193 e. The molecule has 2 aromatic rings. The highest BCUT2D eigenvalue weighted by Gasteiger charge is 2.30. The van der Waals surface area contributed by atoms with E-state index in [4.69, 9.17) is 0 Å². The summed E-state index contributed by atoms with van der Waals surface area (Å²) in [6.07, 6.45) is 0. The minimum Gasteiger partial charge on any atom is -0.287 e. The first-order valence-corrected chi connectivity index (χ1v) is 10.8. The number of hydrogen-bond donors (Lipinski definition) is 0. The number of benzene rings is 2. The summed E-state index contributed by atoms with van der Waals surface area (Å²) >= 11 is 3.29. The van der Waals surface area contributed by atoms with E-state index in [1.165, 1.54) is 38.9 Å². The lowest BCUT2D eigenvalue weighted by Crippen LogP contribution is -2.20. The summed E-state index contributed by atoms with van der Waals surface area (Å²) in [5.74, 6) is -0.0632. The van der Waals surface area contributed by atoms with Gasteiger partial charge in [0.15, 0.2) is 5.12 Å². The van der Waals surface area contributed by atoms with Crippen molar-refractivity contribution in [1.82, 2.24) is 0 Å². The van der Waals surface area contributed by atoms with Crippen molar-refractivity contribution < 1.29 is 4.79 Å². The molecule has 0 heterocycles. The zero-order valence-corrected chi connectivity index (χ0v) is 18.6. The summed E-state index contributed by atoms with van der Waals surface area (Å²) in [4.78, 5) is 14.2. The molecule has 0 radical (unpaired) electrons. The van der Waals surface area contributed by atoms with Gasteiger partial charge in [0.25, 0.3) is 0 Å². The fourth-order valence-corrected chi connectivity index (χ4v) is 5.48. The van der Waals surface area contributed by atoms with E-state index in [2.05, 4.69) is 84.9 Å². The molecule has 2 rings (SSSR count). The highest BCUT2D eigenvalue weighted by molar-refractivity contribution is 8.14. The fourth-order valence-electron chi connectivity index (χ4n) is 3.10. The maximum atomic E-state index is 12.9. The zero-order valence-electron chi connectivity index (χ0n) is 16.9. The second-order valence-electron chi connectivity index (χ2n) is 8.00. The first-order chi connectivity index (χ1) is 12.1. The zero-order chi connectivity index (χ0) is 19.5. The van der Waals surface area contributed by atoms with E-state index >= 15 is 0 Å². The first-order valence-electron chi connectivity index (χ1n) is 9.11. The average molecular weight is 387 g/mol. The molecule has 26 heavy (non-hydrogen) atoms. The van der Waals surface area contributed by atoms with Gasteiger partial charge >= 0.3 is 0 Å². The molecule has 0 bridgehead atoms. The molecule has 0 amide bonds. The quantitative estimate of drug-likeness (QED) is 0.508. The largest absolute Gasteiger partial charge is 0.287 e. The number of aryl methyl sites for hydroxylation is 3. The highest BCUT2D eigenvalue weighted by Crippen LogP contribution is 2.45. The Kier molecular flexibility index (Phi) is 7.04. The molecule has 0 N–H and O–H groups in total. The second-order valence-corrected chi connectivity index (χ2v) is 11.0. The van der Waals surface area contributed by atoms with Crippen LogP contribution in [-0.4, -0.2) is 9.86 Å². The summed E-state index contributed by atoms with van der Waals surface area (Å²) in [6, 6.07) is 14.9. The minimum absolute atomic E-state index is 0.0626. The van der Waals surface area contributed by atoms with Gasteiger partial charge in [0.05, 0.1) is 0 Å². The van der Waals surface area contributed by atoms with Gasteiger partial charge in [-0.05, 0) is 37.5 Å². The van der Waals surface area contributed by atoms with Crippen molar-refractivity contribution in [3.63, 3.8) is 0 Å². The number of carbonyl (C=O) groups is 1. The summed E-state index contributed by atoms with van der Waals surface area (Å²) in [5.41, 5.74) is 5.08. The van der Waals surface area contributed by atoms with Crippen LogP contribution in [-0.2, 0) is 4.79 Å². The maximum absolute atomic E-state index is 12.9. The van der Waals surface area contributed by atoms with Crippen LogP contribution >= 0.6 is 23.5 Å². The fraction of sp³-hybridized carbons (Fsp3) is 0.435.